The number of fused-ring (bicyclic) bond motifs is 1. The lowest BCUT2D eigenvalue weighted by Crippen LogP contribution is -2.05. The standard InChI is InChI=1S/C20H18O4/c1-12-4-9-18-16(10-19(22)24-20(18)13(12)2)11-23-17-7-5-15(6-8-17)14(3)21/h4-10H,11H2,1-3H3. The van der Waals surface area contributed by atoms with Gasteiger partial charge in [0.25, 0.3) is 0 Å². The van der Waals surface area contributed by atoms with E-state index in [1.165, 1.54) is 13.0 Å². The summed E-state index contributed by atoms with van der Waals surface area (Å²) >= 11 is 0. The van der Waals surface area contributed by atoms with Gasteiger partial charge in [0.05, 0.1) is 0 Å². The second-order valence-electron chi connectivity index (χ2n) is 5.84. The lowest BCUT2D eigenvalue weighted by molar-refractivity contribution is 0.101. The van der Waals surface area contributed by atoms with Crippen molar-refractivity contribution < 1.29 is 13.9 Å². The number of carbonyl (C=O) groups excluding carboxylic acids is 1. The van der Waals surface area contributed by atoms with E-state index in [9.17, 15) is 9.59 Å². The summed E-state index contributed by atoms with van der Waals surface area (Å²) in [5.41, 5.74) is 3.66. The molecule has 0 unspecified atom stereocenters. The van der Waals surface area contributed by atoms with E-state index in [0.717, 1.165) is 22.1 Å². The molecule has 4 nitrogen and oxygen atoms in total. The molecule has 0 saturated heterocycles. The molecule has 1 aromatic heterocycles. The van der Waals surface area contributed by atoms with Crippen molar-refractivity contribution in [1.29, 1.82) is 0 Å². The van der Waals surface area contributed by atoms with Crippen molar-refractivity contribution in [3.8, 4) is 5.75 Å². The summed E-state index contributed by atoms with van der Waals surface area (Å²) in [6, 6.07) is 12.4. The molecule has 0 atom stereocenters. The molecule has 0 saturated carbocycles. The molecule has 0 radical (unpaired) electrons. The van der Waals surface area contributed by atoms with Crippen molar-refractivity contribution in [2.24, 2.45) is 0 Å². The lowest BCUT2D eigenvalue weighted by atomic mass is 10.0. The molecule has 0 spiro atoms. The number of carbonyl (C=O) groups is 1. The molecule has 0 aliphatic heterocycles. The Kier molecular flexibility index (Phi) is 4.21. The first-order valence-electron chi connectivity index (χ1n) is 7.72. The zero-order valence-electron chi connectivity index (χ0n) is 13.9. The fourth-order valence-electron chi connectivity index (χ4n) is 2.59. The minimum absolute atomic E-state index is 0.0130. The van der Waals surface area contributed by atoms with Gasteiger partial charge in [0, 0.05) is 22.6 Å². The Bertz CT molecular complexity index is 965. The molecule has 4 heteroatoms. The van der Waals surface area contributed by atoms with Crippen molar-refractivity contribution in [3.63, 3.8) is 0 Å². The van der Waals surface area contributed by atoms with E-state index in [1.807, 2.05) is 26.0 Å². The maximum absolute atomic E-state index is 11.8. The first-order chi connectivity index (χ1) is 11.5. The molecule has 1 heterocycles. The van der Waals surface area contributed by atoms with Crippen molar-refractivity contribution >= 4 is 16.8 Å². The molecular formula is C20H18O4. The highest BCUT2D eigenvalue weighted by Crippen LogP contribution is 2.24. The molecule has 0 amide bonds. The van der Waals surface area contributed by atoms with Crippen LogP contribution in [0.5, 0.6) is 5.75 Å². The van der Waals surface area contributed by atoms with Crippen LogP contribution in [0.2, 0.25) is 0 Å². The van der Waals surface area contributed by atoms with Crippen molar-refractivity contribution in [3.05, 3.63) is 75.1 Å². The van der Waals surface area contributed by atoms with Gasteiger partial charge in [-0.15, -0.1) is 0 Å². The van der Waals surface area contributed by atoms with Crippen molar-refractivity contribution in [1.82, 2.24) is 0 Å². The lowest BCUT2D eigenvalue weighted by Gasteiger charge is -2.10. The number of hydrogen-bond acceptors (Lipinski definition) is 4. The maximum Gasteiger partial charge on any atom is 0.336 e. The third kappa shape index (κ3) is 3.08. The average molecular weight is 322 g/mol. The van der Waals surface area contributed by atoms with Gasteiger partial charge in [-0.05, 0) is 56.2 Å². The number of ether oxygens (including phenoxy) is 1. The molecular weight excluding hydrogens is 304 g/mol. The molecule has 0 N–H and O–H groups in total. The molecule has 0 aliphatic carbocycles. The maximum atomic E-state index is 11.8. The van der Waals surface area contributed by atoms with E-state index < -0.39 is 0 Å². The van der Waals surface area contributed by atoms with Gasteiger partial charge in [-0.3, -0.25) is 4.79 Å². The smallest absolute Gasteiger partial charge is 0.336 e. The van der Waals surface area contributed by atoms with E-state index in [2.05, 4.69) is 0 Å². The summed E-state index contributed by atoms with van der Waals surface area (Å²) in [7, 11) is 0. The number of ketones is 1. The minimum Gasteiger partial charge on any atom is -0.489 e. The Morgan fingerprint density at radius 2 is 1.79 bits per heavy atom. The van der Waals surface area contributed by atoms with Crippen molar-refractivity contribution in [2.45, 2.75) is 27.4 Å². The van der Waals surface area contributed by atoms with Crippen LogP contribution in [0.3, 0.4) is 0 Å². The van der Waals surface area contributed by atoms with E-state index in [-0.39, 0.29) is 18.0 Å². The molecule has 3 rings (SSSR count). The Morgan fingerprint density at radius 1 is 1.08 bits per heavy atom. The van der Waals surface area contributed by atoms with Crippen LogP contribution in [0.1, 0.15) is 34.0 Å². The summed E-state index contributed by atoms with van der Waals surface area (Å²) in [6.45, 7) is 5.69. The van der Waals surface area contributed by atoms with Crippen LogP contribution >= 0.6 is 0 Å². The second-order valence-corrected chi connectivity index (χ2v) is 5.84. The highest BCUT2D eigenvalue weighted by atomic mass is 16.5. The van der Waals surface area contributed by atoms with Gasteiger partial charge >= 0.3 is 5.63 Å². The van der Waals surface area contributed by atoms with Gasteiger partial charge in [0.2, 0.25) is 0 Å². The van der Waals surface area contributed by atoms with E-state index >= 15 is 0 Å². The average Bonchev–Trinajstić information content (AvgIpc) is 2.56. The quantitative estimate of drug-likeness (QED) is 0.534. The van der Waals surface area contributed by atoms with E-state index in [4.69, 9.17) is 9.15 Å². The van der Waals surface area contributed by atoms with Gasteiger partial charge in [-0.2, -0.15) is 0 Å². The molecule has 24 heavy (non-hydrogen) atoms. The number of benzene rings is 2. The fourth-order valence-corrected chi connectivity index (χ4v) is 2.59. The molecule has 2 aromatic carbocycles. The molecule has 3 aromatic rings. The van der Waals surface area contributed by atoms with Crippen LogP contribution < -0.4 is 10.4 Å². The van der Waals surface area contributed by atoms with Crippen molar-refractivity contribution in [2.75, 3.05) is 0 Å². The predicted molar refractivity (Wildman–Crippen MR) is 92.7 cm³/mol. The van der Waals surface area contributed by atoms with Crippen LogP contribution in [0.15, 0.2) is 51.7 Å². The van der Waals surface area contributed by atoms with Gasteiger partial charge < -0.3 is 9.15 Å². The summed E-state index contributed by atoms with van der Waals surface area (Å²) in [6.07, 6.45) is 0. The summed E-state index contributed by atoms with van der Waals surface area (Å²) in [5, 5.41) is 0.873. The SMILES string of the molecule is CC(=O)c1ccc(OCc2cc(=O)oc3c(C)c(C)ccc23)cc1. The third-order valence-electron chi connectivity index (χ3n) is 4.17. The Hall–Kier alpha value is -2.88. The van der Waals surface area contributed by atoms with Gasteiger partial charge in [-0.1, -0.05) is 12.1 Å². The Morgan fingerprint density at radius 3 is 2.46 bits per heavy atom. The highest BCUT2D eigenvalue weighted by molar-refractivity contribution is 5.94. The normalized spacial score (nSPS) is 10.8. The number of Topliss-reactive ketones (excluding diaryl/α,β-unsaturated/α-hetero) is 1. The van der Waals surface area contributed by atoms with Gasteiger partial charge in [0.1, 0.15) is 17.9 Å². The summed E-state index contributed by atoms with van der Waals surface area (Å²) in [4.78, 5) is 23.1. The fraction of sp³-hybridized carbons (Fsp3) is 0.200. The molecule has 122 valence electrons. The van der Waals surface area contributed by atoms with E-state index in [1.54, 1.807) is 24.3 Å². The first kappa shape index (κ1) is 16.0. The zero-order valence-corrected chi connectivity index (χ0v) is 13.9. The van der Waals surface area contributed by atoms with Crippen LogP contribution in [0.4, 0.5) is 0 Å². The predicted octanol–water partition coefficient (Wildman–Crippen LogP) is 4.19. The van der Waals surface area contributed by atoms with Crippen LogP contribution in [0.25, 0.3) is 11.0 Å². The van der Waals surface area contributed by atoms with Gasteiger partial charge in [0.15, 0.2) is 5.78 Å². The second kappa shape index (κ2) is 6.32. The highest BCUT2D eigenvalue weighted by Gasteiger charge is 2.10. The van der Waals surface area contributed by atoms with Crippen LogP contribution in [-0.2, 0) is 6.61 Å². The third-order valence-corrected chi connectivity index (χ3v) is 4.17. The molecule has 0 bridgehead atoms. The molecule has 0 aliphatic rings. The van der Waals surface area contributed by atoms with Gasteiger partial charge in [-0.25, -0.2) is 4.79 Å². The first-order valence-corrected chi connectivity index (χ1v) is 7.72. The number of rotatable bonds is 4. The summed E-state index contributed by atoms with van der Waals surface area (Å²) < 4.78 is 11.1. The largest absolute Gasteiger partial charge is 0.489 e. The molecule has 0 fully saturated rings. The Balaban J connectivity index is 1.91. The zero-order chi connectivity index (χ0) is 17.3. The minimum atomic E-state index is -0.387. The topological polar surface area (TPSA) is 56.5 Å². The number of aryl methyl sites for hydroxylation is 2. The van der Waals surface area contributed by atoms with E-state index in [0.29, 0.717) is 16.9 Å². The number of hydrogen-bond donors (Lipinski definition) is 0. The Labute approximate surface area is 139 Å². The summed E-state index contributed by atoms with van der Waals surface area (Å²) in [5.74, 6) is 0.657. The monoisotopic (exact) mass is 322 g/mol. The van der Waals surface area contributed by atoms with Crippen LogP contribution in [0, 0.1) is 13.8 Å². The van der Waals surface area contributed by atoms with Crippen LogP contribution in [-0.4, -0.2) is 5.78 Å².